The number of hydrogen-bond acceptors (Lipinski definition) is 7. The Balaban J connectivity index is 1.81. The lowest BCUT2D eigenvalue weighted by Crippen LogP contribution is -2.26. The zero-order chi connectivity index (χ0) is 20.5. The molecule has 1 aromatic carbocycles. The number of pyridine rings is 1. The molecule has 1 unspecified atom stereocenters. The summed E-state index contributed by atoms with van der Waals surface area (Å²) in [6.45, 7) is 1.90. The minimum absolute atomic E-state index is 0.0669. The molecule has 144 valence electrons. The van der Waals surface area contributed by atoms with Gasteiger partial charge in [-0.05, 0) is 24.6 Å². The number of benzene rings is 1. The molecular weight excluding hydrogens is 386 g/mol. The Labute approximate surface area is 170 Å². The molecule has 7 nitrogen and oxygen atoms in total. The molecule has 29 heavy (non-hydrogen) atoms. The van der Waals surface area contributed by atoms with E-state index >= 15 is 0 Å². The van der Waals surface area contributed by atoms with Gasteiger partial charge >= 0.3 is 0 Å². The number of amides is 1. The van der Waals surface area contributed by atoms with Crippen molar-refractivity contribution in [2.75, 3.05) is 11.5 Å². The van der Waals surface area contributed by atoms with Crippen molar-refractivity contribution in [2.45, 2.75) is 13.0 Å². The molecule has 0 bridgehead atoms. The maximum Gasteiger partial charge on any atom is 0.264 e. The van der Waals surface area contributed by atoms with Gasteiger partial charge in [0.1, 0.15) is 32.9 Å². The highest BCUT2D eigenvalue weighted by molar-refractivity contribution is 7.21. The Hall–Kier alpha value is -3.83. The average molecular weight is 403 g/mol. The first-order valence-electron chi connectivity index (χ1n) is 8.82. The topological polar surface area (TPSA) is 131 Å². The van der Waals surface area contributed by atoms with E-state index in [2.05, 4.69) is 16.4 Å². The predicted molar refractivity (Wildman–Crippen MR) is 113 cm³/mol. The molecule has 0 radical (unpaired) electrons. The summed E-state index contributed by atoms with van der Waals surface area (Å²) in [5.41, 5.74) is 14.2. The summed E-state index contributed by atoms with van der Waals surface area (Å²) < 4.78 is 5.49. The molecule has 0 fully saturated rings. The molecule has 0 saturated carbocycles. The fraction of sp³-hybridized carbons (Fsp3) is 0.0952. The third-order valence-electron chi connectivity index (χ3n) is 4.64. The SMILES string of the molecule is CC(NC(=O)c1sc2nc(N)c(C#N)c(-c3ccco3)c2c1N)c1ccccc1. The Kier molecular flexibility index (Phi) is 4.66. The van der Waals surface area contributed by atoms with E-state index < -0.39 is 0 Å². The molecule has 0 saturated heterocycles. The van der Waals surface area contributed by atoms with E-state index in [9.17, 15) is 10.1 Å². The van der Waals surface area contributed by atoms with E-state index in [1.165, 1.54) is 6.26 Å². The van der Waals surface area contributed by atoms with Gasteiger partial charge < -0.3 is 21.2 Å². The fourth-order valence-corrected chi connectivity index (χ4v) is 4.22. The first-order valence-corrected chi connectivity index (χ1v) is 9.64. The van der Waals surface area contributed by atoms with Gasteiger partial charge in [0.15, 0.2) is 0 Å². The van der Waals surface area contributed by atoms with Gasteiger partial charge in [0.2, 0.25) is 0 Å². The number of anilines is 2. The lowest BCUT2D eigenvalue weighted by atomic mass is 10.0. The molecule has 4 aromatic rings. The lowest BCUT2D eigenvalue weighted by Gasteiger charge is -2.13. The molecule has 1 amide bonds. The van der Waals surface area contributed by atoms with E-state index in [4.69, 9.17) is 15.9 Å². The van der Waals surface area contributed by atoms with Crippen LogP contribution in [0.1, 0.15) is 33.8 Å². The van der Waals surface area contributed by atoms with Gasteiger partial charge in [-0.3, -0.25) is 4.79 Å². The Morgan fingerprint density at radius 3 is 2.66 bits per heavy atom. The zero-order valence-electron chi connectivity index (χ0n) is 15.5. The quantitative estimate of drug-likeness (QED) is 0.470. The van der Waals surface area contributed by atoms with E-state index in [0.717, 1.165) is 16.9 Å². The molecule has 0 aliphatic carbocycles. The Morgan fingerprint density at radius 2 is 2.00 bits per heavy atom. The van der Waals surface area contributed by atoms with Crippen LogP contribution in [-0.4, -0.2) is 10.9 Å². The normalized spacial score (nSPS) is 11.9. The average Bonchev–Trinajstić information content (AvgIpc) is 3.36. The van der Waals surface area contributed by atoms with Gasteiger partial charge in [-0.2, -0.15) is 5.26 Å². The molecule has 4 rings (SSSR count). The predicted octanol–water partition coefficient (Wildman–Crippen LogP) is 4.08. The number of furan rings is 1. The van der Waals surface area contributed by atoms with Crippen molar-refractivity contribution in [1.29, 1.82) is 5.26 Å². The molecule has 0 aliphatic heterocycles. The summed E-state index contributed by atoms with van der Waals surface area (Å²) in [5, 5.41) is 13.0. The van der Waals surface area contributed by atoms with Crippen molar-refractivity contribution < 1.29 is 9.21 Å². The number of nitrogens with one attached hydrogen (secondary N) is 1. The number of thiophene rings is 1. The summed E-state index contributed by atoms with van der Waals surface area (Å²) in [6, 6.07) is 14.9. The first kappa shape index (κ1) is 18.5. The number of nitriles is 1. The summed E-state index contributed by atoms with van der Waals surface area (Å²) >= 11 is 1.13. The number of carbonyl (C=O) groups is 1. The number of nitrogens with zero attached hydrogens (tertiary/aromatic N) is 2. The highest BCUT2D eigenvalue weighted by Crippen LogP contribution is 2.42. The van der Waals surface area contributed by atoms with Crippen molar-refractivity contribution in [3.05, 3.63) is 64.7 Å². The molecular formula is C21H17N5O2S. The summed E-state index contributed by atoms with van der Waals surface area (Å²) in [5.74, 6) is 0.191. The van der Waals surface area contributed by atoms with Crippen LogP contribution in [0.25, 0.3) is 21.5 Å². The fourth-order valence-electron chi connectivity index (χ4n) is 3.21. The van der Waals surface area contributed by atoms with Crippen LogP contribution in [-0.2, 0) is 0 Å². The van der Waals surface area contributed by atoms with Gasteiger partial charge in [0, 0.05) is 5.39 Å². The molecule has 8 heteroatoms. The van der Waals surface area contributed by atoms with Crippen molar-refractivity contribution in [2.24, 2.45) is 0 Å². The van der Waals surface area contributed by atoms with E-state index in [0.29, 0.717) is 26.4 Å². The van der Waals surface area contributed by atoms with Gasteiger partial charge in [-0.1, -0.05) is 30.3 Å². The number of rotatable bonds is 4. The van der Waals surface area contributed by atoms with Crippen molar-refractivity contribution in [3.63, 3.8) is 0 Å². The van der Waals surface area contributed by atoms with E-state index in [1.807, 2.05) is 37.3 Å². The largest absolute Gasteiger partial charge is 0.464 e. The zero-order valence-corrected chi connectivity index (χ0v) is 16.3. The smallest absolute Gasteiger partial charge is 0.264 e. The standard InChI is InChI=1S/C21H17N5O2S/c1-11(12-6-3-2-4-7-12)25-20(27)18-17(23)16-15(14-8-5-9-28-14)13(10-22)19(24)26-21(16)29-18/h2-9,11H,23H2,1H3,(H2,24,26)(H,25,27). The number of hydrogen-bond donors (Lipinski definition) is 3. The molecule has 3 aromatic heterocycles. The summed E-state index contributed by atoms with van der Waals surface area (Å²) in [4.78, 5) is 18.0. The number of nitrogens with two attached hydrogens (primary N) is 2. The highest BCUT2D eigenvalue weighted by atomic mass is 32.1. The minimum atomic E-state index is -0.315. The summed E-state index contributed by atoms with van der Waals surface area (Å²) in [6.07, 6.45) is 1.50. The van der Waals surface area contributed by atoms with Crippen LogP contribution in [0.15, 0.2) is 53.1 Å². The molecule has 5 N–H and O–H groups in total. The van der Waals surface area contributed by atoms with Gasteiger partial charge in [0.25, 0.3) is 5.91 Å². The van der Waals surface area contributed by atoms with Gasteiger partial charge in [-0.15, -0.1) is 11.3 Å². The second-order valence-electron chi connectivity index (χ2n) is 6.47. The highest BCUT2D eigenvalue weighted by Gasteiger charge is 2.26. The third kappa shape index (κ3) is 3.17. The van der Waals surface area contributed by atoms with Crippen LogP contribution in [0.4, 0.5) is 11.5 Å². The summed E-state index contributed by atoms with van der Waals surface area (Å²) in [7, 11) is 0. The second-order valence-corrected chi connectivity index (χ2v) is 7.47. The van der Waals surface area contributed by atoms with E-state index in [1.54, 1.807) is 12.1 Å². The number of carbonyl (C=O) groups excluding carboxylic acids is 1. The Morgan fingerprint density at radius 1 is 1.24 bits per heavy atom. The van der Waals surface area contributed by atoms with Crippen LogP contribution in [0, 0.1) is 11.3 Å². The maximum absolute atomic E-state index is 12.9. The molecule has 1 atom stereocenters. The second kappa shape index (κ2) is 7.30. The third-order valence-corrected chi connectivity index (χ3v) is 5.74. The van der Waals surface area contributed by atoms with Crippen molar-refractivity contribution in [1.82, 2.24) is 10.3 Å². The Bertz CT molecular complexity index is 1240. The maximum atomic E-state index is 12.9. The van der Waals surface area contributed by atoms with Gasteiger partial charge in [-0.25, -0.2) is 4.98 Å². The van der Waals surface area contributed by atoms with Crippen molar-refractivity contribution in [3.8, 4) is 17.4 Å². The molecule has 0 spiro atoms. The van der Waals surface area contributed by atoms with Gasteiger partial charge in [0.05, 0.1) is 23.6 Å². The van der Waals surface area contributed by atoms with Crippen LogP contribution < -0.4 is 16.8 Å². The van der Waals surface area contributed by atoms with E-state index in [-0.39, 0.29) is 29.0 Å². The number of fused-ring (bicyclic) bond motifs is 1. The number of aromatic nitrogens is 1. The minimum Gasteiger partial charge on any atom is -0.464 e. The molecule has 3 heterocycles. The first-order chi connectivity index (χ1) is 14.0. The lowest BCUT2D eigenvalue weighted by molar-refractivity contribution is 0.0945. The van der Waals surface area contributed by atoms with Crippen LogP contribution in [0.3, 0.4) is 0 Å². The monoisotopic (exact) mass is 403 g/mol. The van der Waals surface area contributed by atoms with Crippen molar-refractivity contribution >= 4 is 39.0 Å². The van der Waals surface area contributed by atoms with Crippen LogP contribution in [0.2, 0.25) is 0 Å². The molecule has 0 aliphatic rings. The van der Waals surface area contributed by atoms with Crippen LogP contribution >= 0.6 is 11.3 Å². The van der Waals surface area contributed by atoms with Crippen LogP contribution in [0.5, 0.6) is 0 Å². The number of nitrogen functional groups attached to an aromatic ring is 2.